The minimum atomic E-state index is -0.534. The first-order valence-electron chi connectivity index (χ1n) is 22.3. The number of hydrogen-bond donors (Lipinski definition) is 4. The second-order valence-electron chi connectivity index (χ2n) is 16.8. The highest BCUT2D eigenvalue weighted by Gasteiger charge is 2.28. The van der Waals surface area contributed by atoms with E-state index >= 15 is 0 Å². The van der Waals surface area contributed by atoms with E-state index in [1.165, 1.54) is 103 Å². The molecule has 0 radical (unpaired) electrons. The van der Waals surface area contributed by atoms with E-state index in [-0.39, 0.29) is 13.2 Å². The van der Waals surface area contributed by atoms with E-state index in [0.717, 1.165) is 90.3 Å². The number of hydrogen-bond acceptors (Lipinski definition) is 6. The molecular formula is C46H80O6. The zero-order chi connectivity index (χ0) is 37.1. The van der Waals surface area contributed by atoms with Crippen LogP contribution in [0, 0.1) is 53.3 Å². The second kappa shape index (κ2) is 29.2. The molecule has 3 rings (SSSR count). The van der Waals surface area contributed by atoms with Crippen molar-refractivity contribution in [2.24, 2.45) is 29.6 Å². The Morgan fingerprint density at radius 2 is 0.865 bits per heavy atom. The van der Waals surface area contributed by atoms with Crippen LogP contribution < -0.4 is 0 Å². The van der Waals surface area contributed by atoms with Gasteiger partial charge in [-0.3, -0.25) is 0 Å². The molecule has 6 nitrogen and oxygen atoms in total. The van der Waals surface area contributed by atoms with Gasteiger partial charge in [-0.2, -0.15) is 0 Å². The van der Waals surface area contributed by atoms with Gasteiger partial charge < -0.3 is 29.9 Å². The first-order chi connectivity index (χ1) is 25.5. The molecule has 6 heteroatoms. The third-order valence-electron chi connectivity index (χ3n) is 12.3. The lowest BCUT2D eigenvalue weighted by molar-refractivity contribution is 0.0208. The minimum Gasteiger partial charge on any atom is -0.394 e. The average Bonchev–Trinajstić information content (AvgIpc) is 3.18. The normalized spacial score (nSPS) is 27.6. The maximum Gasteiger partial charge on any atom is 0.0770 e. The Morgan fingerprint density at radius 3 is 1.31 bits per heavy atom. The van der Waals surface area contributed by atoms with Gasteiger partial charge in [0.15, 0.2) is 0 Å². The van der Waals surface area contributed by atoms with Gasteiger partial charge in [0.1, 0.15) is 0 Å². The molecule has 3 saturated carbocycles. The Bertz CT molecular complexity index is 978. The molecule has 0 aromatic carbocycles. The lowest BCUT2D eigenvalue weighted by atomic mass is 9.73. The molecular weight excluding hydrogens is 649 g/mol. The molecule has 5 atom stereocenters. The van der Waals surface area contributed by atoms with Crippen LogP contribution in [0.1, 0.15) is 187 Å². The minimum absolute atomic E-state index is 0.113. The molecule has 0 spiro atoms. The predicted octanol–water partition coefficient (Wildman–Crippen LogP) is 9.53. The summed E-state index contributed by atoms with van der Waals surface area (Å²) in [6.07, 6.45) is 32.2. The van der Waals surface area contributed by atoms with E-state index in [1.807, 2.05) is 0 Å². The molecule has 0 aromatic heterocycles. The van der Waals surface area contributed by atoms with Crippen molar-refractivity contribution in [1.82, 2.24) is 0 Å². The highest BCUT2D eigenvalue weighted by molar-refractivity contribution is 5.14. The van der Waals surface area contributed by atoms with Crippen LogP contribution in [0.3, 0.4) is 0 Å². The fraction of sp³-hybridized carbons (Fsp3) is 0.913. The maximum absolute atomic E-state index is 9.41. The molecule has 0 aliphatic heterocycles. The molecule has 52 heavy (non-hydrogen) atoms. The van der Waals surface area contributed by atoms with E-state index in [4.69, 9.17) is 19.7 Å². The summed E-state index contributed by atoms with van der Waals surface area (Å²) in [7, 11) is 0. The van der Waals surface area contributed by atoms with Crippen LogP contribution in [0.25, 0.3) is 0 Å². The smallest absolute Gasteiger partial charge is 0.0770 e. The van der Waals surface area contributed by atoms with Crippen molar-refractivity contribution in [3.05, 3.63) is 0 Å². The summed E-state index contributed by atoms with van der Waals surface area (Å²) in [5.74, 6) is 17.9. The zero-order valence-electron chi connectivity index (χ0n) is 33.4. The van der Waals surface area contributed by atoms with E-state index < -0.39 is 12.2 Å². The van der Waals surface area contributed by atoms with Crippen molar-refractivity contribution in [2.75, 3.05) is 26.4 Å². The Hall–Kier alpha value is -1.12. The summed E-state index contributed by atoms with van der Waals surface area (Å²) in [4.78, 5) is 0. The van der Waals surface area contributed by atoms with Gasteiger partial charge in [-0.05, 0) is 102 Å². The fourth-order valence-corrected chi connectivity index (χ4v) is 8.66. The van der Waals surface area contributed by atoms with E-state index in [0.29, 0.717) is 41.8 Å². The third kappa shape index (κ3) is 20.5. The molecule has 4 N–H and O–H groups in total. The average molecular weight is 729 g/mol. The quantitative estimate of drug-likeness (QED) is 0.0552. The molecule has 3 fully saturated rings. The van der Waals surface area contributed by atoms with Gasteiger partial charge in [0, 0.05) is 36.9 Å². The van der Waals surface area contributed by atoms with E-state index in [2.05, 4.69) is 30.6 Å². The van der Waals surface area contributed by atoms with Crippen LogP contribution in [0.4, 0.5) is 0 Å². The lowest BCUT2D eigenvalue weighted by Crippen LogP contribution is -2.24. The molecule has 0 amide bonds. The van der Waals surface area contributed by atoms with Crippen LogP contribution in [0.5, 0.6) is 0 Å². The summed E-state index contributed by atoms with van der Waals surface area (Å²) < 4.78 is 12.5. The fourth-order valence-electron chi connectivity index (χ4n) is 8.66. The zero-order valence-corrected chi connectivity index (χ0v) is 33.4. The molecule has 3 aliphatic carbocycles. The number of ether oxygens (including phenoxy) is 2. The Labute approximate surface area is 320 Å². The van der Waals surface area contributed by atoms with Gasteiger partial charge in [0.2, 0.25) is 0 Å². The highest BCUT2D eigenvalue weighted by Crippen LogP contribution is 2.36. The van der Waals surface area contributed by atoms with Gasteiger partial charge in [0.05, 0.1) is 37.6 Å². The molecule has 0 heterocycles. The number of aliphatic hydroxyl groups is 4. The van der Waals surface area contributed by atoms with Crippen molar-refractivity contribution in [3.8, 4) is 23.7 Å². The summed E-state index contributed by atoms with van der Waals surface area (Å²) in [5, 5.41) is 36.6. The summed E-state index contributed by atoms with van der Waals surface area (Å²) in [6.45, 7) is 3.92. The summed E-state index contributed by atoms with van der Waals surface area (Å²) in [5.41, 5.74) is 0. The monoisotopic (exact) mass is 729 g/mol. The van der Waals surface area contributed by atoms with Crippen LogP contribution in [0.15, 0.2) is 0 Å². The van der Waals surface area contributed by atoms with Crippen LogP contribution in [-0.2, 0) is 9.47 Å². The Morgan fingerprint density at radius 1 is 0.481 bits per heavy atom. The third-order valence-corrected chi connectivity index (χ3v) is 12.3. The molecule has 0 bridgehead atoms. The number of unbranched alkanes of at least 4 members (excludes halogenated alkanes) is 12. The first-order valence-corrected chi connectivity index (χ1v) is 22.3. The SMILES string of the molecule is CCC1CC(C#CC2CCC(OCCCCCCCCCC(O)CO)CC2)CCC1C#CC1CCC(OCCCCCCCCCC(O)CO)CC1. The van der Waals surface area contributed by atoms with Crippen molar-refractivity contribution >= 4 is 0 Å². The maximum atomic E-state index is 9.41. The van der Waals surface area contributed by atoms with Gasteiger partial charge in [-0.25, -0.2) is 0 Å². The van der Waals surface area contributed by atoms with Crippen LogP contribution in [-0.4, -0.2) is 71.3 Å². The Balaban J connectivity index is 1.18. The number of rotatable bonds is 25. The van der Waals surface area contributed by atoms with E-state index in [9.17, 15) is 10.2 Å². The van der Waals surface area contributed by atoms with Gasteiger partial charge in [0.25, 0.3) is 0 Å². The standard InChI is InChI=1S/C46H80O6/c1-2-41-35-40(20-19-38-23-29-45(30-24-38)51-33-15-11-7-3-5-9-13-17-43(49)36-47)22-28-42(41)27-21-39-25-31-46(32-26-39)52-34-16-12-8-4-6-10-14-18-44(50)37-48/h38-50H,2-18,22-26,28-37H2,1H3. The Kier molecular flexibility index (Phi) is 25.4. The van der Waals surface area contributed by atoms with Crippen molar-refractivity contribution in [1.29, 1.82) is 0 Å². The van der Waals surface area contributed by atoms with Gasteiger partial charge in [-0.15, -0.1) is 0 Å². The molecule has 0 aromatic rings. The first kappa shape index (κ1) is 45.3. The topological polar surface area (TPSA) is 99.4 Å². The van der Waals surface area contributed by atoms with Gasteiger partial charge >= 0.3 is 0 Å². The highest BCUT2D eigenvalue weighted by atomic mass is 16.5. The number of aliphatic hydroxyl groups excluding tert-OH is 4. The van der Waals surface area contributed by atoms with Crippen molar-refractivity contribution in [2.45, 2.75) is 211 Å². The molecule has 300 valence electrons. The molecule has 0 saturated heterocycles. The van der Waals surface area contributed by atoms with Crippen molar-refractivity contribution in [3.63, 3.8) is 0 Å². The predicted molar refractivity (Wildman–Crippen MR) is 214 cm³/mol. The second-order valence-corrected chi connectivity index (χ2v) is 16.8. The molecule has 5 unspecified atom stereocenters. The van der Waals surface area contributed by atoms with Gasteiger partial charge in [-0.1, -0.05) is 114 Å². The molecule has 3 aliphatic rings. The lowest BCUT2D eigenvalue weighted by Gasteiger charge is -2.31. The van der Waals surface area contributed by atoms with E-state index in [1.54, 1.807) is 0 Å². The largest absolute Gasteiger partial charge is 0.394 e. The van der Waals surface area contributed by atoms with Crippen LogP contribution in [0.2, 0.25) is 0 Å². The summed E-state index contributed by atoms with van der Waals surface area (Å²) in [6, 6.07) is 0. The van der Waals surface area contributed by atoms with Crippen LogP contribution >= 0.6 is 0 Å². The van der Waals surface area contributed by atoms with Crippen molar-refractivity contribution < 1.29 is 29.9 Å². The summed E-state index contributed by atoms with van der Waals surface area (Å²) >= 11 is 0.